The van der Waals surface area contributed by atoms with Gasteiger partial charge in [-0.25, -0.2) is 0 Å². The highest BCUT2D eigenvalue weighted by Crippen LogP contribution is 2.31. The van der Waals surface area contributed by atoms with Gasteiger partial charge in [0.2, 0.25) is 0 Å². The van der Waals surface area contributed by atoms with Crippen molar-refractivity contribution in [2.24, 2.45) is 0 Å². The fourth-order valence-corrected chi connectivity index (χ4v) is 3.71. The van der Waals surface area contributed by atoms with Gasteiger partial charge in [-0.05, 0) is 59.8 Å². The summed E-state index contributed by atoms with van der Waals surface area (Å²) in [6, 6.07) is 14.1. The van der Waals surface area contributed by atoms with Gasteiger partial charge >= 0.3 is 0 Å². The zero-order valence-corrected chi connectivity index (χ0v) is 12.9. The maximum Gasteiger partial charge on any atom is 0.117 e. The predicted molar refractivity (Wildman–Crippen MR) is 85.2 cm³/mol. The van der Waals surface area contributed by atoms with Crippen LogP contribution in [0.5, 0.6) is 5.75 Å². The zero-order valence-electron chi connectivity index (χ0n) is 10.5. The molecule has 2 aromatic carbocycles. The van der Waals surface area contributed by atoms with Crippen molar-refractivity contribution in [3.05, 3.63) is 62.9 Å². The molecule has 1 aromatic heterocycles. The van der Waals surface area contributed by atoms with Gasteiger partial charge in [-0.2, -0.15) is 0 Å². The maximum absolute atomic E-state index is 9.51. The van der Waals surface area contributed by atoms with Gasteiger partial charge in [0.15, 0.2) is 0 Å². The highest BCUT2D eigenvalue weighted by Gasteiger charge is 2.06. The summed E-state index contributed by atoms with van der Waals surface area (Å²) in [4.78, 5) is 1.32. The van der Waals surface area contributed by atoms with Crippen LogP contribution in [-0.4, -0.2) is 5.11 Å². The topological polar surface area (TPSA) is 20.2 Å². The second-order valence-corrected chi connectivity index (χ2v) is 6.77. The summed E-state index contributed by atoms with van der Waals surface area (Å²) in [6.45, 7) is 2.14. The maximum atomic E-state index is 9.51. The molecule has 0 saturated carbocycles. The lowest BCUT2D eigenvalue weighted by molar-refractivity contribution is 0.476. The van der Waals surface area contributed by atoms with Gasteiger partial charge in [-0.15, -0.1) is 11.3 Å². The lowest BCUT2D eigenvalue weighted by Gasteiger charge is -2.04. The van der Waals surface area contributed by atoms with E-state index in [1.165, 1.54) is 21.4 Å². The first kappa shape index (κ1) is 12.7. The molecular weight excluding hydrogens is 320 g/mol. The molecule has 96 valence electrons. The van der Waals surface area contributed by atoms with E-state index in [4.69, 9.17) is 0 Å². The number of aromatic hydroxyl groups is 1. The molecule has 0 spiro atoms. The van der Waals surface area contributed by atoms with E-state index in [-0.39, 0.29) is 0 Å². The first-order valence-corrected chi connectivity index (χ1v) is 7.69. The van der Waals surface area contributed by atoms with Crippen LogP contribution in [0, 0.1) is 6.92 Å². The molecule has 0 atom stereocenters. The number of hydrogen-bond donors (Lipinski definition) is 1. The third-order valence-electron chi connectivity index (χ3n) is 3.23. The minimum absolute atomic E-state index is 0.333. The predicted octanol–water partition coefficient (Wildman–Crippen LogP) is 5.27. The summed E-state index contributed by atoms with van der Waals surface area (Å²) in [5.74, 6) is 0.333. The second-order valence-electron chi connectivity index (χ2n) is 4.68. The van der Waals surface area contributed by atoms with Crippen LogP contribution in [0.25, 0.3) is 10.1 Å². The van der Waals surface area contributed by atoms with Crippen LogP contribution in [0.1, 0.15) is 16.0 Å². The third-order valence-corrected chi connectivity index (χ3v) is 4.82. The van der Waals surface area contributed by atoms with Crippen molar-refractivity contribution in [2.75, 3.05) is 0 Å². The third kappa shape index (κ3) is 2.67. The van der Waals surface area contributed by atoms with Crippen LogP contribution in [-0.2, 0) is 6.42 Å². The Morgan fingerprint density at radius 2 is 1.95 bits per heavy atom. The molecule has 0 fully saturated rings. The highest BCUT2D eigenvalue weighted by atomic mass is 79.9. The van der Waals surface area contributed by atoms with Crippen molar-refractivity contribution in [1.29, 1.82) is 0 Å². The Kier molecular flexibility index (Phi) is 3.33. The molecule has 3 rings (SSSR count). The Labute approximate surface area is 124 Å². The summed E-state index contributed by atoms with van der Waals surface area (Å²) in [5, 5.41) is 10.7. The first-order valence-electron chi connectivity index (χ1n) is 6.08. The monoisotopic (exact) mass is 332 g/mol. The normalized spacial score (nSPS) is 11.1. The van der Waals surface area contributed by atoms with Gasteiger partial charge in [-0.1, -0.05) is 22.0 Å². The molecule has 0 aliphatic heterocycles. The van der Waals surface area contributed by atoms with E-state index in [1.807, 2.05) is 12.1 Å². The van der Waals surface area contributed by atoms with Gasteiger partial charge in [0, 0.05) is 20.5 Å². The molecule has 0 unspecified atom stereocenters. The first-order chi connectivity index (χ1) is 9.11. The van der Waals surface area contributed by atoms with Crippen LogP contribution < -0.4 is 0 Å². The number of rotatable bonds is 2. The number of benzene rings is 2. The number of phenols is 1. The Bertz CT molecular complexity index is 746. The van der Waals surface area contributed by atoms with Gasteiger partial charge in [0.05, 0.1) is 0 Å². The lowest BCUT2D eigenvalue weighted by Crippen LogP contribution is -1.89. The summed E-state index contributed by atoms with van der Waals surface area (Å²) in [6.07, 6.45) is 0.936. The lowest BCUT2D eigenvalue weighted by atomic mass is 10.1. The minimum atomic E-state index is 0.333. The molecular formula is C16H13BrOS. The molecule has 0 bridgehead atoms. The standard InChI is InChI=1S/C16H13BrOS/c1-10-2-4-13(17)6-12(10)8-15-7-11-3-5-14(18)9-16(11)19-15/h2-7,9,18H,8H2,1H3. The Balaban J connectivity index is 1.98. The van der Waals surface area contributed by atoms with Crippen molar-refractivity contribution in [3.8, 4) is 5.75 Å². The number of fused-ring (bicyclic) bond motifs is 1. The molecule has 0 aliphatic carbocycles. The summed E-state index contributed by atoms with van der Waals surface area (Å²) in [5.41, 5.74) is 2.65. The Morgan fingerprint density at radius 3 is 2.79 bits per heavy atom. The summed E-state index contributed by atoms with van der Waals surface area (Å²) in [7, 11) is 0. The number of aryl methyl sites for hydroxylation is 1. The number of halogens is 1. The quantitative estimate of drug-likeness (QED) is 0.677. The molecule has 0 amide bonds. The van der Waals surface area contributed by atoms with Crippen LogP contribution in [0.3, 0.4) is 0 Å². The van der Waals surface area contributed by atoms with Crippen LogP contribution in [0.2, 0.25) is 0 Å². The van der Waals surface area contributed by atoms with Crippen LogP contribution >= 0.6 is 27.3 Å². The van der Waals surface area contributed by atoms with E-state index >= 15 is 0 Å². The zero-order chi connectivity index (χ0) is 13.4. The average Bonchev–Trinajstić information content (AvgIpc) is 2.75. The van der Waals surface area contributed by atoms with Crippen molar-refractivity contribution in [3.63, 3.8) is 0 Å². The van der Waals surface area contributed by atoms with Crippen LogP contribution in [0.4, 0.5) is 0 Å². The molecule has 0 saturated heterocycles. The summed E-state index contributed by atoms with van der Waals surface area (Å²) < 4.78 is 2.26. The van der Waals surface area contributed by atoms with Crippen molar-refractivity contribution < 1.29 is 5.11 Å². The van der Waals surface area contributed by atoms with Gasteiger partial charge in [-0.3, -0.25) is 0 Å². The average molecular weight is 333 g/mol. The Morgan fingerprint density at radius 1 is 1.11 bits per heavy atom. The van der Waals surface area contributed by atoms with Crippen molar-refractivity contribution >= 4 is 37.4 Å². The minimum Gasteiger partial charge on any atom is -0.508 e. The fourth-order valence-electron chi connectivity index (χ4n) is 2.18. The van der Waals surface area contributed by atoms with E-state index in [9.17, 15) is 5.11 Å². The van der Waals surface area contributed by atoms with E-state index in [0.29, 0.717) is 5.75 Å². The van der Waals surface area contributed by atoms with E-state index in [0.717, 1.165) is 15.6 Å². The van der Waals surface area contributed by atoms with E-state index in [1.54, 1.807) is 17.4 Å². The molecule has 1 N–H and O–H groups in total. The fraction of sp³-hybridized carbons (Fsp3) is 0.125. The van der Waals surface area contributed by atoms with Gasteiger partial charge < -0.3 is 5.11 Å². The van der Waals surface area contributed by atoms with Gasteiger partial charge in [0.1, 0.15) is 5.75 Å². The SMILES string of the molecule is Cc1ccc(Br)cc1Cc1cc2ccc(O)cc2s1. The number of hydrogen-bond acceptors (Lipinski definition) is 2. The molecule has 1 heterocycles. The number of thiophene rings is 1. The smallest absolute Gasteiger partial charge is 0.117 e. The largest absolute Gasteiger partial charge is 0.508 e. The molecule has 3 aromatic rings. The Hall–Kier alpha value is -1.32. The molecule has 0 radical (unpaired) electrons. The molecule has 0 aliphatic rings. The van der Waals surface area contributed by atoms with Gasteiger partial charge in [0.25, 0.3) is 0 Å². The highest BCUT2D eigenvalue weighted by molar-refractivity contribution is 9.10. The number of phenolic OH excluding ortho intramolecular Hbond substituents is 1. The van der Waals surface area contributed by atoms with E-state index < -0.39 is 0 Å². The molecule has 1 nitrogen and oxygen atoms in total. The second kappa shape index (κ2) is 4.99. The van der Waals surface area contributed by atoms with Crippen LogP contribution in [0.15, 0.2) is 46.9 Å². The molecule has 3 heteroatoms. The molecule has 19 heavy (non-hydrogen) atoms. The summed E-state index contributed by atoms with van der Waals surface area (Å²) >= 11 is 5.27. The van der Waals surface area contributed by atoms with Crippen molar-refractivity contribution in [1.82, 2.24) is 0 Å². The van der Waals surface area contributed by atoms with E-state index in [2.05, 4.69) is 47.1 Å². The van der Waals surface area contributed by atoms with Crippen molar-refractivity contribution in [2.45, 2.75) is 13.3 Å².